The summed E-state index contributed by atoms with van der Waals surface area (Å²) in [6.07, 6.45) is 2.02. The number of methoxy groups -OCH3 is 3. The van der Waals surface area contributed by atoms with Crippen molar-refractivity contribution in [1.29, 1.82) is 0 Å². The van der Waals surface area contributed by atoms with Gasteiger partial charge in [0.2, 0.25) is 11.7 Å². The van der Waals surface area contributed by atoms with E-state index in [0.717, 1.165) is 5.56 Å². The van der Waals surface area contributed by atoms with Crippen LogP contribution >= 0.6 is 0 Å². The van der Waals surface area contributed by atoms with Crippen LogP contribution in [-0.2, 0) is 11.2 Å². The Morgan fingerprint density at radius 3 is 2.43 bits per heavy atom. The van der Waals surface area contributed by atoms with E-state index in [1.807, 2.05) is 24.3 Å². The van der Waals surface area contributed by atoms with E-state index in [1.54, 1.807) is 36.6 Å². The number of para-hydroxylation sites is 1. The molecule has 0 saturated carbocycles. The van der Waals surface area contributed by atoms with Gasteiger partial charge in [-0.05, 0) is 42.3 Å². The minimum atomic E-state index is -0.464. The number of ether oxygens (including phenoxy) is 3. The van der Waals surface area contributed by atoms with E-state index < -0.39 is 5.91 Å². The van der Waals surface area contributed by atoms with E-state index in [2.05, 4.69) is 15.8 Å². The summed E-state index contributed by atoms with van der Waals surface area (Å²) in [4.78, 5) is 30.0. The van der Waals surface area contributed by atoms with Gasteiger partial charge in [-0.1, -0.05) is 24.3 Å². The van der Waals surface area contributed by atoms with Crippen LogP contribution in [0.1, 0.15) is 22.3 Å². The molecular weight excluding hydrogens is 450 g/mol. The number of rotatable bonds is 8. The zero-order valence-electron chi connectivity index (χ0n) is 19.6. The number of pyridine rings is 1. The lowest BCUT2D eigenvalue weighted by molar-refractivity contribution is -0.121. The van der Waals surface area contributed by atoms with Crippen LogP contribution < -0.4 is 25.1 Å². The largest absolute Gasteiger partial charge is 0.493 e. The molecule has 9 heteroatoms. The molecule has 2 aromatic heterocycles. The molecule has 2 heterocycles. The van der Waals surface area contributed by atoms with Crippen molar-refractivity contribution >= 4 is 22.7 Å². The number of aryl methyl sites for hydroxylation is 1. The predicted molar refractivity (Wildman–Crippen MR) is 129 cm³/mol. The van der Waals surface area contributed by atoms with Crippen LogP contribution in [0.5, 0.6) is 17.2 Å². The first kappa shape index (κ1) is 23.6. The highest BCUT2D eigenvalue weighted by Gasteiger charge is 2.18. The van der Waals surface area contributed by atoms with Gasteiger partial charge < -0.3 is 18.6 Å². The molecule has 0 saturated heterocycles. The van der Waals surface area contributed by atoms with Crippen molar-refractivity contribution < 1.29 is 28.2 Å². The third-order valence-electron chi connectivity index (χ3n) is 5.46. The molecule has 0 aliphatic heterocycles. The first-order chi connectivity index (χ1) is 17.0. The van der Waals surface area contributed by atoms with Crippen molar-refractivity contribution in [3.8, 4) is 28.7 Å². The van der Waals surface area contributed by atoms with Crippen LogP contribution in [0.4, 0.5) is 0 Å². The molecule has 0 radical (unpaired) electrons. The van der Waals surface area contributed by atoms with E-state index in [0.29, 0.717) is 51.6 Å². The van der Waals surface area contributed by atoms with Crippen LogP contribution in [0.25, 0.3) is 22.4 Å². The van der Waals surface area contributed by atoms with Gasteiger partial charge in [-0.3, -0.25) is 20.4 Å². The van der Waals surface area contributed by atoms with Crippen LogP contribution in [0.2, 0.25) is 0 Å². The Bertz CT molecular complexity index is 1350. The predicted octanol–water partition coefficient (Wildman–Crippen LogP) is 3.91. The molecule has 2 aromatic carbocycles. The maximum atomic E-state index is 13.0. The van der Waals surface area contributed by atoms with Gasteiger partial charge in [-0.25, -0.2) is 4.98 Å². The van der Waals surface area contributed by atoms with Crippen LogP contribution in [0.3, 0.4) is 0 Å². The summed E-state index contributed by atoms with van der Waals surface area (Å²) in [5.74, 6) is 1.20. The van der Waals surface area contributed by atoms with E-state index in [-0.39, 0.29) is 12.3 Å². The average Bonchev–Trinajstić information content (AvgIpc) is 3.44. The highest BCUT2D eigenvalue weighted by Crippen LogP contribution is 2.40. The number of carbonyl (C=O) groups excluding carboxylic acids is 2. The fraction of sp³-hybridized carbons (Fsp3) is 0.192. The molecule has 0 spiro atoms. The number of nitrogens with one attached hydrogen (secondary N) is 2. The molecule has 35 heavy (non-hydrogen) atoms. The summed E-state index contributed by atoms with van der Waals surface area (Å²) in [7, 11) is 4.58. The van der Waals surface area contributed by atoms with Crippen molar-refractivity contribution in [3.05, 3.63) is 72.0 Å². The van der Waals surface area contributed by atoms with Crippen molar-refractivity contribution in [2.75, 3.05) is 21.3 Å². The van der Waals surface area contributed by atoms with Gasteiger partial charge in [-0.2, -0.15) is 0 Å². The molecule has 4 aromatic rings. The number of fused-ring (bicyclic) bond motifs is 1. The number of hydrogen-bond acceptors (Lipinski definition) is 7. The fourth-order valence-electron chi connectivity index (χ4n) is 3.78. The number of furan rings is 1. The third-order valence-corrected chi connectivity index (χ3v) is 5.46. The minimum absolute atomic E-state index is 0.112. The van der Waals surface area contributed by atoms with Crippen LogP contribution in [-0.4, -0.2) is 38.1 Å². The summed E-state index contributed by atoms with van der Waals surface area (Å²) >= 11 is 0. The number of carbonyl (C=O) groups is 2. The molecule has 0 aliphatic carbocycles. The molecular formula is C26H25N3O6. The first-order valence-electron chi connectivity index (χ1n) is 10.9. The maximum absolute atomic E-state index is 13.0. The summed E-state index contributed by atoms with van der Waals surface area (Å²) in [5, 5.41) is 0.657. The Labute approximate surface area is 202 Å². The van der Waals surface area contributed by atoms with Gasteiger partial charge in [0.25, 0.3) is 5.91 Å². The minimum Gasteiger partial charge on any atom is -0.493 e. The molecule has 9 nitrogen and oxygen atoms in total. The molecule has 0 atom stereocenters. The van der Waals surface area contributed by atoms with Crippen molar-refractivity contribution in [2.24, 2.45) is 0 Å². The van der Waals surface area contributed by atoms with E-state index in [1.165, 1.54) is 21.3 Å². The van der Waals surface area contributed by atoms with Gasteiger partial charge >= 0.3 is 0 Å². The Kier molecular flexibility index (Phi) is 7.15. The lowest BCUT2D eigenvalue weighted by Gasteiger charge is -2.15. The molecule has 0 bridgehead atoms. The zero-order valence-corrected chi connectivity index (χ0v) is 19.6. The lowest BCUT2D eigenvalue weighted by Crippen LogP contribution is -2.41. The van der Waals surface area contributed by atoms with E-state index in [9.17, 15) is 9.59 Å². The number of amides is 2. The second kappa shape index (κ2) is 10.6. The van der Waals surface area contributed by atoms with Gasteiger partial charge in [0, 0.05) is 11.8 Å². The van der Waals surface area contributed by atoms with Gasteiger partial charge in [0.15, 0.2) is 17.3 Å². The zero-order chi connectivity index (χ0) is 24.8. The number of hydrogen-bond donors (Lipinski definition) is 2. The molecule has 2 N–H and O–H groups in total. The second-order valence-electron chi connectivity index (χ2n) is 7.55. The lowest BCUT2D eigenvalue weighted by atomic mass is 10.1. The summed E-state index contributed by atoms with van der Waals surface area (Å²) in [6, 6.07) is 16.0. The smallest absolute Gasteiger partial charge is 0.270 e. The first-order valence-corrected chi connectivity index (χ1v) is 10.9. The molecule has 2 amide bonds. The number of benzene rings is 2. The van der Waals surface area contributed by atoms with Crippen molar-refractivity contribution in [3.63, 3.8) is 0 Å². The van der Waals surface area contributed by atoms with Crippen LogP contribution in [0.15, 0.2) is 65.3 Å². The highest BCUT2D eigenvalue weighted by molar-refractivity contribution is 6.07. The number of nitrogens with zero attached hydrogens (tertiary/aromatic N) is 1. The molecule has 0 fully saturated rings. The van der Waals surface area contributed by atoms with Gasteiger partial charge in [0.05, 0.1) is 38.7 Å². The second-order valence-corrected chi connectivity index (χ2v) is 7.55. The van der Waals surface area contributed by atoms with Crippen molar-refractivity contribution in [1.82, 2.24) is 15.8 Å². The Hall–Kier alpha value is -4.53. The standard InChI is InChI=1S/C26H25N3O6/c1-32-22-12-10-16(24(33-2)25(22)34-3)11-13-23(30)28-29-26(31)18-15-20(21-9-6-14-35-21)27-19-8-5-4-7-17(18)19/h4-10,12,14-15H,11,13H2,1-3H3,(H,28,30)(H,29,31). The normalized spacial score (nSPS) is 10.6. The Morgan fingerprint density at radius 2 is 1.71 bits per heavy atom. The maximum Gasteiger partial charge on any atom is 0.270 e. The Balaban J connectivity index is 1.45. The summed E-state index contributed by atoms with van der Waals surface area (Å²) < 4.78 is 21.6. The topological polar surface area (TPSA) is 112 Å². The fourth-order valence-corrected chi connectivity index (χ4v) is 3.78. The van der Waals surface area contributed by atoms with Gasteiger partial charge in [-0.15, -0.1) is 0 Å². The monoisotopic (exact) mass is 475 g/mol. The average molecular weight is 476 g/mol. The number of aromatic nitrogens is 1. The van der Waals surface area contributed by atoms with Crippen molar-refractivity contribution in [2.45, 2.75) is 12.8 Å². The van der Waals surface area contributed by atoms with Gasteiger partial charge in [0.1, 0.15) is 5.69 Å². The molecule has 0 unspecified atom stereocenters. The summed E-state index contributed by atoms with van der Waals surface area (Å²) in [5.41, 5.74) is 7.27. The molecule has 4 rings (SSSR count). The highest BCUT2D eigenvalue weighted by atomic mass is 16.5. The SMILES string of the molecule is COc1ccc(CCC(=O)NNC(=O)c2cc(-c3ccco3)nc3ccccc23)c(OC)c1OC. The summed E-state index contributed by atoms with van der Waals surface area (Å²) in [6.45, 7) is 0. The number of hydrazine groups is 1. The quantitative estimate of drug-likeness (QED) is 0.372. The van der Waals surface area contributed by atoms with E-state index in [4.69, 9.17) is 18.6 Å². The third kappa shape index (κ3) is 5.03. The Morgan fingerprint density at radius 1 is 0.914 bits per heavy atom. The molecule has 0 aliphatic rings. The van der Waals surface area contributed by atoms with E-state index >= 15 is 0 Å². The molecule has 180 valence electrons. The van der Waals surface area contributed by atoms with Crippen LogP contribution in [0, 0.1) is 0 Å².